The first kappa shape index (κ1) is 13.8. The van der Waals surface area contributed by atoms with Gasteiger partial charge in [0.1, 0.15) is 5.75 Å². The predicted octanol–water partition coefficient (Wildman–Crippen LogP) is 0.771. The highest BCUT2D eigenvalue weighted by Crippen LogP contribution is 2.22. The van der Waals surface area contributed by atoms with Crippen LogP contribution in [0.5, 0.6) is 5.75 Å². The molecule has 1 heterocycles. The van der Waals surface area contributed by atoms with Gasteiger partial charge in [-0.2, -0.15) is 0 Å². The topological polar surface area (TPSA) is 61.8 Å². The Hall–Kier alpha value is -1.59. The Morgan fingerprint density at radius 3 is 2.68 bits per heavy atom. The molecule has 5 nitrogen and oxygen atoms in total. The molecule has 0 aliphatic carbocycles. The zero-order chi connectivity index (χ0) is 13.8. The van der Waals surface area contributed by atoms with E-state index >= 15 is 0 Å². The molecule has 2 unspecified atom stereocenters. The Bertz CT molecular complexity index is 433. The minimum absolute atomic E-state index is 0.00653. The number of anilines is 1. The summed E-state index contributed by atoms with van der Waals surface area (Å²) in [5.74, 6) is 0.781. The van der Waals surface area contributed by atoms with Crippen molar-refractivity contribution >= 4 is 11.6 Å². The van der Waals surface area contributed by atoms with Gasteiger partial charge in [-0.25, -0.2) is 0 Å². The molecule has 1 aromatic carbocycles. The predicted molar refractivity (Wildman–Crippen MR) is 73.4 cm³/mol. The maximum Gasteiger partial charge on any atom is 0.244 e. The molecule has 1 amide bonds. The Balaban J connectivity index is 2.18. The zero-order valence-corrected chi connectivity index (χ0v) is 11.3. The van der Waals surface area contributed by atoms with Gasteiger partial charge in [0.25, 0.3) is 0 Å². The van der Waals surface area contributed by atoms with E-state index < -0.39 is 0 Å². The second-order valence-electron chi connectivity index (χ2n) is 4.78. The lowest BCUT2D eigenvalue weighted by molar-refractivity contribution is -0.122. The molecular weight excluding hydrogens is 244 g/mol. The van der Waals surface area contributed by atoms with Crippen molar-refractivity contribution in [1.29, 1.82) is 0 Å². The van der Waals surface area contributed by atoms with Gasteiger partial charge in [0, 0.05) is 24.9 Å². The molecule has 5 heteroatoms. The van der Waals surface area contributed by atoms with Gasteiger partial charge < -0.3 is 20.1 Å². The molecule has 0 spiro atoms. The van der Waals surface area contributed by atoms with Crippen molar-refractivity contribution in [2.45, 2.75) is 25.4 Å². The van der Waals surface area contributed by atoms with Crippen LogP contribution < -0.4 is 15.0 Å². The number of benzene rings is 1. The van der Waals surface area contributed by atoms with E-state index in [-0.39, 0.29) is 24.6 Å². The minimum Gasteiger partial charge on any atom is -0.497 e. The van der Waals surface area contributed by atoms with Crippen molar-refractivity contribution in [3.8, 4) is 5.75 Å². The second kappa shape index (κ2) is 6.04. The van der Waals surface area contributed by atoms with Crippen LogP contribution in [0, 0.1) is 0 Å². The van der Waals surface area contributed by atoms with Crippen LogP contribution in [0.1, 0.15) is 13.3 Å². The summed E-state index contributed by atoms with van der Waals surface area (Å²) in [4.78, 5) is 14.1. The zero-order valence-electron chi connectivity index (χ0n) is 11.3. The fourth-order valence-corrected chi connectivity index (χ4v) is 2.35. The van der Waals surface area contributed by atoms with E-state index in [0.29, 0.717) is 13.0 Å². The minimum atomic E-state index is -0.309. The first-order chi connectivity index (χ1) is 9.15. The maximum atomic E-state index is 12.3. The summed E-state index contributed by atoms with van der Waals surface area (Å²) < 4.78 is 5.12. The monoisotopic (exact) mass is 264 g/mol. The molecular formula is C14H20N2O3. The highest BCUT2D eigenvalue weighted by Gasteiger charge is 2.32. The summed E-state index contributed by atoms with van der Waals surface area (Å²) in [6.45, 7) is 2.67. The van der Waals surface area contributed by atoms with E-state index in [2.05, 4.69) is 5.32 Å². The lowest BCUT2D eigenvalue weighted by Gasteiger charge is -2.37. The summed E-state index contributed by atoms with van der Waals surface area (Å²) >= 11 is 0. The quantitative estimate of drug-likeness (QED) is 0.843. The molecule has 2 atom stereocenters. The SMILES string of the molecule is COc1ccc(N2CC(C)NC(CCO)C2=O)cc1. The van der Waals surface area contributed by atoms with Crippen LogP contribution in [0.15, 0.2) is 24.3 Å². The molecule has 1 saturated heterocycles. The van der Waals surface area contributed by atoms with Crippen LogP contribution >= 0.6 is 0 Å². The third-order valence-corrected chi connectivity index (χ3v) is 3.31. The number of carbonyl (C=O) groups excluding carboxylic acids is 1. The van der Waals surface area contributed by atoms with Crippen LogP contribution in [0.4, 0.5) is 5.69 Å². The molecule has 0 saturated carbocycles. The molecule has 0 bridgehead atoms. The number of amides is 1. The molecule has 104 valence electrons. The molecule has 2 N–H and O–H groups in total. The second-order valence-corrected chi connectivity index (χ2v) is 4.78. The molecule has 0 radical (unpaired) electrons. The van der Waals surface area contributed by atoms with Crippen molar-refractivity contribution in [3.63, 3.8) is 0 Å². The third-order valence-electron chi connectivity index (χ3n) is 3.31. The van der Waals surface area contributed by atoms with E-state index in [1.165, 1.54) is 0 Å². The average Bonchev–Trinajstić information content (AvgIpc) is 2.43. The van der Waals surface area contributed by atoms with E-state index in [1.54, 1.807) is 12.0 Å². The van der Waals surface area contributed by atoms with Gasteiger partial charge >= 0.3 is 0 Å². The summed E-state index contributed by atoms with van der Waals surface area (Å²) in [7, 11) is 1.62. The largest absolute Gasteiger partial charge is 0.497 e. The number of nitrogens with zero attached hydrogens (tertiary/aromatic N) is 1. The van der Waals surface area contributed by atoms with Gasteiger partial charge in [0.2, 0.25) is 5.91 Å². The van der Waals surface area contributed by atoms with Crippen LogP contribution in [-0.2, 0) is 4.79 Å². The first-order valence-electron chi connectivity index (χ1n) is 6.48. The Kier molecular flexibility index (Phi) is 4.39. The smallest absolute Gasteiger partial charge is 0.244 e. The maximum absolute atomic E-state index is 12.3. The number of piperazine rings is 1. The molecule has 1 aliphatic heterocycles. The molecule has 1 aliphatic rings. The number of hydrogen-bond acceptors (Lipinski definition) is 4. The van der Waals surface area contributed by atoms with Gasteiger partial charge in [0.05, 0.1) is 13.2 Å². The summed E-state index contributed by atoms with van der Waals surface area (Å²) in [5.41, 5.74) is 0.863. The lowest BCUT2D eigenvalue weighted by Crippen LogP contribution is -2.59. The number of nitrogens with one attached hydrogen (secondary N) is 1. The van der Waals surface area contributed by atoms with Crippen molar-refractivity contribution < 1.29 is 14.6 Å². The number of ether oxygens (including phenoxy) is 1. The Labute approximate surface area is 113 Å². The van der Waals surface area contributed by atoms with Gasteiger partial charge in [0.15, 0.2) is 0 Å². The molecule has 1 aromatic rings. The van der Waals surface area contributed by atoms with Crippen molar-refractivity contribution in [1.82, 2.24) is 5.32 Å². The van der Waals surface area contributed by atoms with Gasteiger partial charge in [-0.3, -0.25) is 4.79 Å². The number of hydrogen-bond donors (Lipinski definition) is 2. The normalized spacial score (nSPS) is 23.5. The van der Waals surface area contributed by atoms with Gasteiger partial charge in [-0.15, -0.1) is 0 Å². The Morgan fingerprint density at radius 2 is 2.11 bits per heavy atom. The number of aliphatic hydroxyl groups excluding tert-OH is 1. The number of methoxy groups -OCH3 is 1. The lowest BCUT2D eigenvalue weighted by atomic mass is 10.1. The molecule has 1 fully saturated rings. The average molecular weight is 264 g/mol. The van der Waals surface area contributed by atoms with Gasteiger partial charge in [-0.1, -0.05) is 0 Å². The van der Waals surface area contributed by atoms with Crippen LogP contribution in [0.2, 0.25) is 0 Å². The van der Waals surface area contributed by atoms with Crippen LogP contribution in [-0.4, -0.2) is 43.4 Å². The number of carbonyl (C=O) groups is 1. The van der Waals surface area contributed by atoms with Crippen molar-refractivity contribution in [3.05, 3.63) is 24.3 Å². The molecule has 19 heavy (non-hydrogen) atoms. The van der Waals surface area contributed by atoms with E-state index in [0.717, 1.165) is 11.4 Å². The fourth-order valence-electron chi connectivity index (χ4n) is 2.35. The summed E-state index contributed by atoms with van der Waals surface area (Å²) in [5, 5.41) is 12.2. The summed E-state index contributed by atoms with van der Waals surface area (Å²) in [6, 6.07) is 7.34. The highest BCUT2D eigenvalue weighted by molar-refractivity contribution is 5.98. The van der Waals surface area contributed by atoms with Gasteiger partial charge in [-0.05, 0) is 37.6 Å². The highest BCUT2D eigenvalue weighted by atomic mass is 16.5. The van der Waals surface area contributed by atoms with Crippen molar-refractivity contribution in [2.75, 3.05) is 25.2 Å². The number of rotatable bonds is 4. The van der Waals surface area contributed by atoms with E-state index in [1.807, 2.05) is 31.2 Å². The van der Waals surface area contributed by atoms with E-state index in [4.69, 9.17) is 9.84 Å². The first-order valence-corrected chi connectivity index (χ1v) is 6.48. The number of aliphatic hydroxyl groups is 1. The van der Waals surface area contributed by atoms with Crippen molar-refractivity contribution in [2.24, 2.45) is 0 Å². The third kappa shape index (κ3) is 3.05. The standard InChI is InChI=1S/C14H20N2O3/c1-10-9-16(14(18)13(15-10)7-8-17)11-3-5-12(19-2)6-4-11/h3-6,10,13,15,17H,7-9H2,1-2H3. The summed E-state index contributed by atoms with van der Waals surface area (Å²) in [6.07, 6.45) is 0.440. The van der Waals surface area contributed by atoms with Crippen LogP contribution in [0.25, 0.3) is 0 Å². The van der Waals surface area contributed by atoms with Crippen LogP contribution in [0.3, 0.4) is 0 Å². The Morgan fingerprint density at radius 1 is 1.42 bits per heavy atom. The molecule has 2 rings (SSSR count). The molecule has 0 aromatic heterocycles. The van der Waals surface area contributed by atoms with E-state index in [9.17, 15) is 4.79 Å². The fraction of sp³-hybridized carbons (Fsp3) is 0.500.